The van der Waals surface area contributed by atoms with E-state index in [1.54, 1.807) is 13.0 Å². The van der Waals surface area contributed by atoms with Crippen LogP contribution in [0.15, 0.2) is 66.7 Å². The molecule has 5 nitrogen and oxygen atoms in total. The number of aryl methyl sites for hydroxylation is 1. The van der Waals surface area contributed by atoms with Gasteiger partial charge in [-0.25, -0.2) is 13.2 Å². The first kappa shape index (κ1) is 28.3. The fourth-order valence-electron chi connectivity index (χ4n) is 6.65. The predicted octanol–water partition coefficient (Wildman–Crippen LogP) is 7.85. The summed E-state index contributed by atoms with van der Waals surface area (Å²) in [5.74, 6) is -0.693. The Kier molecular flexibility index (Phi) is 7.75. The molecule has 0 atom stereocenters. The molecule has 0 bridgehead atoms. The summed E-state index contributed by atoms with van der Waals surface area (Å²) < 4.78 is 61.9. The predicted molar refractivity (Wildman–Crippen MR) is 154 cm³/mol. The lowest BCUT2D eigenvalue weighted by atomic mass is 9.59. The first-order valence-corrected chi connectivity index (χ1v) is 14.4. The van der Waals surface area contributed by atoms with Gasteiger partial charge in [-0.05, 0) is 91.6 Å². The van der Waals surface area contributed by atoms with E-state index in [1.165, 1.54) is 6.07 Å². The average Bonchev–Trinajstić information content (AvgIpc) is 3.31. The zero-order chi connectivity index (χ0) is 29.4. The maximum atomic E-state index is 14.4. The van der Waals surface area contributed by atoms with Crippen LogP contribution in [-0.2, 0) is 20.9 Å². The number of halogens is 3. The summed E-state index contributed by atoms with van der Waals surface area (Å²) >= 11 is 0. The van der Waals surface area contributed by atoms with Crippen molar-refractivity contribution in [2.75, 3.05) is 20.3 Å². The highest BCUT2D eigenvalue weighted by Gasteiger charge is 2.59. The van der Waals surface area contributed by atoms with Crippen LogP contribution in [0.4, 0.5) is 13.2 Å². The van der Waals surface area contributed by atoms with Crippen LogP contribution in [0.1, 0.15) is 59.9 Å². The molecule has 3 aromatic carbocycles. The van der Waals surface area contributed by atoms with Gasteiger partial charge < -0.3 is 18.8 Å². The lowest BCUT2D eigenvalue weighted by Crippen LogP contribution is -2.49. The summed E-state index contributed by atoms with van der Waals surface area (Å²) in [5, 5.41) is 0.891. The molecule has 1 aliphatic carbocycles. The van der Waals surface area contributed by atoms with Crippen molar-refractivity contribution < 1.29 is 32.2 Å². The van der Waals surface area contributed by atoms with Crippen LogP contribution in [0.5, 0.6) is 5.75 Å². The maximum absolute atomic E-state index is 14.4. The Bertz CT molecular complexity index is 1590. The van der Waals surface area contributed by atoms with Gasteiger partial charge in [-0.2, -0.15) is 0 Å². The number of carbonyl (C=O) groups excluding carboxylic acids is 1. The van der Waals surface area contributed by atoms with Crippen LogP contribution in [0.2, 0.25) is 0 Å². The fourth-order valence-corrected chi connectivity index (χ4v) is 6.65. The topological polar surface area (TPSA) is 49.7 Å². The Morgan fingerprint density at radius 1 is 1.02 bits per heavy atom. The quantitative estimate of drug-likeness (QED) is 0.200. The van der Waals surface area contributed by atoms with Crippen LogP contribution >= 0.6 is 0 Å². The Balaban J connectivity index is 1.52. The summed E-state index contributed by atoms with van der Waals surface area (Å²) in [6, 6.07) is 20.8. The molecule has 220 valence electrons. The molecular weight excluding hydrogens is 543 g/mol. The summed E-state index contributed by atoms with van der Waals surface area (Å²) in [6.07, 6.45) is -1.31. The number of hydrogen-bond acceptors (Lipinski definition) is 4. The van der Waals surface area contributed by atoms with Gasteiger partial charge in [0.15, 0.2) is 0 Å². The van der Waals surface area contributed by atoms with Gasteiger partial charge in [0.25, 0.3) is 6.43 Å². The van der Waals surface area contributed by atoms with E-state index in [9.17, 15) is 18.0 Å². The van der Waals surface area contributed by atoms with Crippen LogP contribution < -0.4 is 4.74 Å². The Morgan fingerprint density at radius 2 is 1.76 bits per heavy atom. The van der Waals surface area contributed by atoms with Crippen LogP contribution in [0, 0.1) is 18.2 Å². The number of fused-ring (bicyclic) bond motifs is 1. The van der Waals surface area contributed by atoms with Gasteiger partial charge in [0.2, 0.25) is 0 Å². The van der Waals surface area contributed by atoms with E-state index < -0.39 is 17.8 Å². The van der Waals surface area contributed by atoms with Crippen LogP contribution in [0.25, 0.3) is 16.6 Å². The van der Waals surface area contributed by atoms with Crippen molar-refractivity contribution in [2.24, 2.45) is 5.41 Å². The van der Waals surface area contributed by atoms with Crippen LogP contribution in [-0.4, -0.2) is 37.3 Å². The molecule has 2 heterocycles. The number of rotatable bonds is 8. The normalized spacial score (nSPS) is 21.0. The number of benzene rings is 3. The second-order valence-corrected chi connectivity index (χ2v) is 11.5. The number of ether oxygens (including phenoxy) is 3. The van der Waals surface area contributed by atoms with Crippen molar-refractivity contribution in [2.45, 2.75) is 57.5 Å². The molecule has 0 N–H and O–H groups in total. The molecule has 1 saturated heterocycles. The van der Waals surface area contributed by atoms with E-state index in [1.807, 2.05) is 54.6 Å². The maximum Gasteiger partial charge on any atom is 0.317 e. The highest BCUT2D eigenvalue weighted by molar-refractivity contribution is 5.90. The van der Waals surface area contributed by atoms with Gasteiger partial charge in [-0.3, -0.25) is 4.79 Å². The molecule has 8 heteroatoms. The Labute approximate surface area is 243 Å². The van der Waals surface area contributed by atoms with E-state index in [0.29, 0.717) is 31.1 Å². The molecule has 1 aliphatic heterocycles. The summed E-state index contributed by atoms with van der Waals surface area (Å²) in [6.45, 7) is 3.29. The van der Waals surface area contributed by atoms with E-state index >= 15 is 0 Å². The molecule has 4 aromatic rings. The third-order valence-electron chi connectivity index (χ3n) is 8.91. The molecule has 0 radical (unpaired) electrons. The molecule has 2 aliphatic rings. The first-order valence-electron chi connectivity index (χ1n) is 14.4. The minimum atomic E-state index is -2.83. The second-order valence-electron chi connectivity index (χ2n) is 11.5. The summed E-state index contributed by atoms with van der Waals surface area (Å²) in [5.41, 5.74) is 3.37. The van der Waals surface area contributed by atoms with Crippen molar-refractivity contribution in [3.8, 4) is 11.4 Å². The number of aromatic nitrogens is 1. The van der Waals surface area contributed by atoms with Crippen molar-refractivity contribution >= 4 is 16.9 Å². The number of hydrogen-bond donors (Lipinski definition) is 0. The minimum Gasteiger partial charge on any atom is -0.489 e. The van der Waals surface area contributed by atoms with Crippen molar-refractivity contribution in [3.05, 3.63) is 94.9 Å². The molecule has 0 amide bonds. The molecular formula is C34H34F3NO4. The summed E-state index contributed by atoms with van der Waals surface area (Å²) in [4.78, 5) is 12.6. The first-order chi connectivity index (χ1) is 20.3. The van der Waals surface area contributed by atoms with Gasteiger partial charge in [-0.1, -0.05) is 30.3 Å². The van der Waals surface area contributed by atoms with Gasteiger partial charge >= 0.3 is 5.97 Å². The van der Waals surface area contributed by atoms with E-state index in [4.69, 9.17) is 14.2 Å². The molecule has 0 unspecified atom stereocenters. The van der Waals surface area contributed by atoms with E-state index in [-0.39, 0.29) is 30.5 Å². The van der Waals surface area contributed by atoms with E-state index in [2.05, 4.69) is 4.57 Å². The van der Waals surface area contributed by atoms with Crippen LogP contribution in [0.3, 0.4) is 0 Å². The van der Waals surface area contributed by atoms with E-state index in [0.717, 1.165) is 53.4 Å². The SMILES string of the molecule is COC(=O)C1(C(F)F)CC(c2c(C3CCOCC3)n(-c3ccc(F)c(C)c3)c3ccc(OCc4ccccc4)cc23)C1. The smallest absolute Gasteiger partial charge is 0.317 e. The average molecular weight is 578 g/mol. The zero-order valence-corrected chi connectivity index (χ0v) is 23.7. The molecule has 1 saturated carbocycles. The highest BCUT2D eigenvalue weighted by atomic mass is 19.3. The third-order valence-corrected chi connectivity index (χ3v) is 8.91. The summed E-state index contributed by atoms with van der Waals surface area (Å²) in [7, 11) is 1.16. The second kappa shape index (κ2) is 11.5. The molecule has 0 spiro atoms. The lowest BCUT2D eigenvalue weighted by Gasteiger charge is -2.45. The van der Waals surface area contributed by atoms with Crippen molar-refractivity contribution in [3.63, 3.8) is 0 Å². The number of alkyl halides is 2. The standard InChI is InChI=1S/C34H34F3NO4/c1-21-16-25(8-10-28(21)35)38-29-11-9-26(42-20-22-6-4-3-5-7-22)17-27(29)30(31(38)23-12-14-41-15-13-23)24-18-34(19-24,32(36)37)33(39)40-2/h3-11,16-17,23-24,32H,12-15,18-20H2,1-2H3. The fraction of sp³-hybridized carbons (Fsp3) is 0.382. The zero-order valence-electron chi connectivity index (χ0n) is 23.7. The minimum absolute atomic E-state index is 0.00970. The van der Waals surface area contributed by atoms with Gasteiger partial charge in [-0.15, -0.1) is 0 Å². The lowest BCUT2D eigenvalue weighted by molar-refractivity contribution is -0.175. The Hall–Kier alpha value is -3.78. The number of methoxy groups -OCH3 is 1. The van der Waals surface area contributed by atoms with Gasteiger partial charge in [0, 0.05) is 35.9 Å². The molecule has 2 fully saturated rings. The largest absolute Gasteiger partial charge is 0.489 e. The Morgan fingerprint density at radius 3 is 2.43 bits per heavy atom. The number of esters is 1. The monoisotopic (exact) mass is 577 g/mol. The highest BCUT2D eigenvalue weighted by Crippen LogP contribution is 2.58. The molecule has 42 heavy (non-hydrogen) atoms. The number of nitrogens with zero attached hydrogens (tertiary/aromatic N) is 1. The van der Waals surface area contributed by atoms with Gasteiger partial charge in [0.1, 0.15) is 23.6 Å². The molecule has 1 aromatic heterocycles. The van der Waals surface area contributed by atoms with Crippen molar-refractivity contribution in [1.82, 2.24) is 4.57 Å². The number of carbonyl (C=O) groups is 1. The van der Waals surface area contributed by atoms with Crippen molar-refractivity contribution in [1.29, 1.82) is 0 Å². The molecule has 6 rings (SSSR count). The third kappa shape index (κ3) is 4.96. The van der Waals surface area contributed by atoms with Gasteiger partial charge in [0.05, 0.1) is 12.6 Å².